The lowest BCUT2D eigenvalue weighted by molar-refractivity contribution is -0.120. The lowest BCUT2D eigenvalue weighted by atomic mass is 10.1. The Morgan fingerprint density at radius 3 is 2.62 bits per heavy atom. The van der Waals surface area contributed by atoms with Gasteiger partial charge in [-0.3, -0.25) is 4.79 Å². The average molecular weight is 387 g/mol. The van der Waals surface area contributed by atoms with Crippen molar-refractivity contribution in [1.82, 2.24) is 10.3 Å². The molecular weight excluding hydrogens is 372 g/mol. The van der Waals surface area contributed by atoms with E-state index in [9.17, 15) is 9.59 Å². The van der Waals surface area contributed by atoms with Gasteiger partial charge in [-0.25, -0.2) is 9.78 Å². The summed E-state index contributed by atoms with van der Waals surface area (Å²) in [5.41, 5.74) is 2.67. The zero-order valence-corrected chi connectivity index (χ0v) is 15.2. The van der Waals surface area contributed by atoms with Gasteiger partial charge in [0, 0.05) is 22.5 Å². The highest BCUT2D eigenvalue weighted by atomic mass is 35.5. The van der Waals surface area contributed by atoms with Gasteiger partial charge >= 0.3 is 5.97 Å². The van der Waals surface area contributed by atoms with Crippen molar-refractivity contribution in [3.05, 3.63) is 75.8 Å². The topological polar surface area (TPSA) is 79.3 Å². The van der Waals surface area contributed by atoms with E-state index in [-0.39, 0.29) is 17.9 Å². The molecule has 0 aliphatic rings. The Morgan fingerprint density at radius 1 is 1.15 bits per heavy atom. The molecule has 7 heteroatoms. The molecule has 5 nitrogen and oxygen atoms in total. The minimum Gasteiger partial charge on any atom is -0.478 e. The first-order valence-corrected chi connectivity index (χ1v) is 9.06. The number of carboxylic acid groups (broad SMARTS) is 1. The van der Waals surface area contributed by atoms with Crippen molar-refractivity contribution in [2.24, 2.45) is 0 Å². The third kappa shape index (κ3) is 4.68. The number of benzene rings is 2. The highest BCUT2D eigenvalue weighted by Crippen LogP contribution is 2.26. The third-order valence-electron chi connectivity index (χ3n) is 3.66. The van der Waals surface area contributed by atoms with E-state index in [1.807, 2.05) is 23.6 Å². The summed E-state index contributed by atoms with van der Waals surface area (Å²) in [5, 5.41) is 15.0. The zero-order valence-electron chi connectivity index (χ0n) is 13.6. The largest absolute Gasteiger partial charge is 0.478 e. The number of thiazole rings is 1. The van der Waals surface area contributed by atoms with E-state index >= 15 is 0 Å². The molecule has 2 aromatic carbocycles. The molecule has 3 aromatic rings. The number of aromatic carboxylic acids is 1. The van der Waals surface area contributed by atoms with Crippen LogP contribution in [0.15, 0.2) is 53.9 Å². The number of hydrogen-bond acceptors (Lipinski definition) is 4. The molecule has 0 aliphatic heterocycles. The number of aromatic nitrogens is 1. The maximum atomic E-state index is 12.1. The molecule has 0 saturated carbocycles. The van der Waals surface area contributed by atoms with Crippen LogP contribution in [-0.4, -0.2) is 22.0 Å². The van der Waals surface area contributed by atoms with Crippen molar-refractivity contribution in [2.45, 2.75) is 13.0 Å². The summed E-state index contributed by atoms with van der Waals surface area (Å²) in [7, 11) is 0. The molecule has 1 amide bonds. The molecule has 0 spiro atoms. The number of amides is 1. The summed E-state index contributed by atoms with van der Waals surface area (Å²) in [6.07, 6.45) is 0.185. The van der Waals surface area contributed by atoms with Crippen LogP contribution in [0, 0.1) is 0 Å². The molecule has 0 bridgehead atoms. The molecule has 2 N–H and O–H groups in total. The zero-order chi connectivity index (χ0) is 18.5. The van der Waals surface area contributed by atoms with E-state index < -0.39 is 5.97 Å². The van der Waals surface area contributed by atoms with Gasteiger partial charge in [-0.2, -0.15) is 0 Å². The van der Waals surface area contributed by atoms with Crippen LogP contribution in [0.5, 0.6) is 0 Å². The van der Waals surface area contributed by atoms with E-state index in [0.29, 0.717) is 17.3 Å². The van der Waals surface area contributed by atoms with Gasteiger partial charge in [-0.1, -0.05) is 35.9 Å². The van der Waals surface area contributed by atoms with Crippen molar-refractivity contribution in [3.8, 4) is 10.6 Å². The van der Waals surface area contributed by atoms with E-state index in [2.05, 4.69) is 10.3 Å². The van der Waals surface area contributed by atoms with Gasteiger partial charge in [0.2, 0.25) is 5.91 Å². The van der Waals surface area contributed by atoms with E-state index in [1.54, 1.807) is 18.2 Å². The lowest BCUT2D eigenvalue weighted by Gasteiger charge is -2.05. The maximum Gasteiger partial charge on any atom is 0.335 e. The first-order chi connectivity index (χ1) is 12.5. The van der Waals surface area contributed by atoms with Crippen LogP contribution < -0.4 is 5.32 Å². The second kappa shape index (κ2) is 8.12. The minimum absolute atomic E-state index is 0.143. The summed E-state index contributed by atoms with van der Waals surface area (Å²) in [6, 6.07) is 13.8. The van der Waals surface area contributed by atoms with Crippen LogP contribution in [0.25, 0.3) is 10.6 Å². The summed E-state index contributed by atoms with van der Waals surface area (Å²) in [6.45, 7) is 0.337. The highest BCUT2D eigenvalue weighted by molar-refractivity contribution is 7.13. The monoisotopic (exact) mass is 386 g/mol. The molecule has 0 aliphatic carbocycles. The van der Waals surface area contributed by atoms with Crippen LogP contribution in [-0.2, 0) is 17.8 Å². The highest BCUT2D eigenvalue weighted by Gasteiger charge is 2.10. The van der Waals surface area contributed by atoms with Crippen LogP contribution >= 0.6 is 22.9 Å². The van der Waals surface area contributed by atoms with Crippen molar-refractivity contribution in [2.75, 3.05) is 0 Å². The summed E-state index contributed by atoms with van der Waals surface area (Å²) < 4.78 is 0. The number of carboxylic acids is 1. The molecule has 3 rings (SSSR count). The number of carbonyl (C=O) groups is 2. The van der Waals surface area contributed by atoms with E-state index in [0.717, 1.165) is 16.1 Å². The predicted octanol–water partition coefficient (Wildman–Crippen LogP) is 4.02. The van der Waals surface area contributed by atoms with Gasteiger partial charge in [0.05, 0.1) is 17.7 Å². The van der Waals surface area contributed by atoms with Crippen molar-refractivity contribution < 1.29 is 14.7 Å². The van der Waals surface area contributed by atoms with Gasteiger partial charge in [-0.15, -0.1) is 11.3 Å². The molecule has 132 valence electrons. The summed E-state index contributed by atoms with van der Waals surface area (Å²) >= 11 is 7.46. The SMILES string of the molecule is O=C(Cc1csc(-c2cccc(Cl)c2)n1)NCc1ccc(C(=O)O)cc1. The van der Waals surface area contributed by atoms with Gasteiger partial charge in [0.25, 0.3) is 0 Å². The number of nitrogens with one attached hydrogen (secondary N) is 1. The minimum atomic E-state index is -0.973. The maximum absolute atomic E-state index is 12.1. The Bertz CT molecular complexity index is 938. The fraction of sp³-hybridized carbons (Fsp3) is 0.105. The number of halogens is 1. The van der Waals surface area contributed by atoms with E-state index in [4.69, 9.17) is 16.7 Å². The van der Waals surface area contributed by atoms with Gasteiger partial charge in [0.1, 0.15) is 5.01 Å². The molecule has 0 unspecified atom stereocenters. The smallest absolute Gasteiger partial charge is 0.335 e. The quantitative estimate of drug-likeness (QED) is 0.670. The second-order valence-electron chi connectivity index (χ2n) is 5.61. The fourth-order valence-corrected chi connectivity index (χ4v) is 3.34. The third-order valence-corrected chi connectivity index (χ3v) is 4.83. The van der Waals surface area contributed by atoms with Gasteiger partial charge in [-0.05, 0) is 29.8 Å². The standard InChI is InChI=1S/C19H15ClN2O3S/c20-15-3-1-2-14(8-15)18-22-16(11-26-18)9-17(23)21-10-12-4-6-13(7-5-12)19(24)25/h1-8,11H,9-10H2,(H,21,23)(H,24,25). The molecule has 1 aromatic heterocycles. The molecule has 0 saturated heterocycles. The Hall–Kier alpha value is -2.70. The van der Waals surface area contributed by atoms with Crippen LogP contribution in [0.1, 0.15) is 21.6 Å². The van der Waals surface area contributed by atoms with Crippen molar-refractivity contribution >= 4 is 34.8 Å². The van der Waals surface area contributed by atoms with Crippen molar-refractivity contribution in [1.29, 1.82) is 0 Å². The lowest BCUT2D eigenvalue weighted by Crippen LogP contribution is -2.24. The number of rotatable bonds is 6. The first kappa shape index (κ1) is 18.1. The summed E-state index contributed by atoms with van der Waals surface area (Å²) in [4.78, 5) is 27.4. The molecule has 0 radical (unpaired) electrons. The molecular formula is C19H15ClN2O3S. The second-order valence-corrected chi connectivity index (χ2v) is 6.90. The Morgan fingerprint density at radius 2 is 1.92 bits per heavy atom. The Kier molecular flexibility index (Phi) is 5.65. The van der Waals surface area contributed by atoms with Crippen LogP contribution in [0.4, 0.5) is 0 Å². The first-order valence-electron chi connectivity index (χ1n) is 7.80. The summed E-state index contributed by atoms with van der Waals surface area (Å²) in [5.74, 6) is -1.12. The van der Waals surface area contributed by atoms with Crippen LogP contribution in [0.3, 0.4) is 0 Å². The number of carbonyl (C=O) groups excluding carboxylic acids is 1. The Balaban J connectivity index is 1.56. The van der Waals surface area contributed by atoms with Crippen molar-refractivity contribution in [3.63, 3.8) is 0 Å². The molecule has 1 heterocycles. The normalized spacial score (nSPS) is 10.5. The number of nitrogens with zero attached hydrogens (tertiary/aromatic N) is 1. The predicted molar refractivity (Wildman–Crippen MR) is 102 cm³/mol. The van der Waals surface area contributed by atoms with Gasteiger partial charge < -0.3 is 10.4 Å². The van der Waals surface area contributed by atoms with Gasteiger partial charge in [0.15, 0.2) is 0 Å². The molecule has 0 atom stereocenters. The Labute approximate surface area is 159 Å². The van der Waals surface area contributed by atoms with Crippen LogP contribution in [0.2, 0.25) is 5.02 Å². The number of hydrogen-bond donors (Lipinski definition) is 2. The fourth-order valence-electron chi connectivity index (χ4n) is 2.34. The molecule has 26 heavy (non-hydrogen) atoms. The van der Waals surface area contributed by atoms with E-state index in [1.165, 1.54) is 23.5 Å². The average Bonchev–Trinajstić information content (AvgIpc) is 3.09. The molecule has 0 fully saturated rings.